The van der Waals surface area contributed by atoms with E-state index in [1.54, 1.807) is 24.3 Å². The molecular formula is C53H86ClN3O5S. The lowest BCUT2D eigenvalue weighted by molar-refractivity contribution is 0.0746. The minimum absolute atomic E-state index is 0.0580. The molecule has 0 bridgehead atoms. The Morgan fingerprint density at radius 3 is 1.30 bits per heavy atom. The van der Waals surface area contributed by atoms with Crippen molar-refractivity contribution >= 4 is 49.7 Å². The van der Waals surface area contributed by atoms with E-state index in [1.807, 2.05) is 4.90 Å². The van der Waals surface area contributed by atoms with Crippen LogP contribution in [0.15, 0.2) is 47.4 Å². The number of nitrogens with zero attached hydrogens (tertiary/aromatic N) is 1. The van der Waals surface area contributed by atoms with Crippen LogP contribution in [0.2, 0.25) is 5.02 Å². The van der Waals surface area contributed by atoms with Crippen LogP contribution < -0.4 is 10.5 Å². The summed E-state index contributed by atoms with van der Waals surface area (Å²) in [7, 11) is -4.25. The summed E-state index contributed by atoms with van der Waals surface area (Å²) in [6.07, 6.45) is 40.9. The number of nitrogens with one attached hydrogen (secondary N) is 1. The number of benzene rings is 3. The van der Waals surface area contributed by atoms with E-state index in [4.69, 9.17) is 17.3 Å². The number of fused-ring (bicyclic) bond motifs is 1. The monoisotopic (exact) mass is 912 g/mol. The number of anilines is 2. The molecule has 0 fully saturated rings. The highest BCUT2D eigenvalue weighted by Crippen LogP contribution is 2.38. The molecule has 5 N–H and O–H groups in total. The molecule has 3 aromatic carbocycles. The topological polar surface area (TPSA) is 133 Å². The molecule has 0 spiro atoms. The summed E-state index contributed by atoms with van der Waals surface area (Å²) >= 11 is 6.09. The van der Waals surface area contributed by atoms with Crippen molar-refractivity contribution in [3.05, 3.63) is 53.1 Å². The molecule has 8 nitrogen and oxygen atoms in total. The summed E-state index contributed by atoms with van der Waals surface area (Å²) in [4.78, 5) is 16.1. The third-order valence-electron chi connectivity index (χ3n) is 12.7. The van der Waals surface area contributed by atoms with Gasteiger partial charge in [-0.05, 0) is 31.0 Å². The van der Waals surface area contributed by atoms with Gasteiger partial charge in [-0.1, -0.05) is 242 Å². The fourth-order valence-electron chi connectivity index (χ4n) is 8.75. The number of nitrogen functional groups attached to an aromatic ring is 1. The van der Waals surface area contributed by atoms with Crippen molar-refractivity contribution in [2.75, 3.05) is 23.5 Å². The SMILES string of the molecule is CCCCCCCCCCCCCCCCCCN(CCCCCCCCCCCCCCCCCC)C(=O)c1cc(NS(=O)(=O)c2cc(N)c(O)c(Cl)c2)c2ccccc2c1O. The Bertz CT molecular complexity index is 1760. The lowest BCUT2D eigenvalue weighted by Crippen LogP contribution is -2.33. The average Bonchev–Trinajstić information content (AvgIpc) is 3.27. The van der Waals surface area contributed by atoms with E-state index in [2.05, 4.69) is 18.6 Å². The van der Waals surface area contributed by atoms with Crippen LogP contribution in [-0.4, -0.2) is 42.5 Å². The quantitative estimate of drug-likeness (QED) is 0.0196. The maximum absolute atomic E-state index is 14.4. The zero-order chi connectivity index (χ0) is 45.5. The Morgan fingerprint density at radius 1 is 0.556 bits per heavy atom. The van der Waals surface area contributed by atoms with Crippen molar-refractivity contribution in [3.8, 4) is 11.5 Å². The molecule has 1 amide bonds. The Morgan fingerprint density at radius 2 is 0.921 bits per heavy atom. The highest BCUT2D eigenvalue weighted by molar-refractivity contribution is 7.92. The first kappa shape index (κ1) is 54.2. The maximum atomic E-state index is 14.4. The number of hydrogen-bond donors (Lipinski definition) is 4. The predicted octanol–water partition coefficient (Wildman–Crippen LogP) is 16.3. The zero-order valence-electron chi connectivity index (χ0n) is 39.5. The molecule has 0 aliphatic rings. The van der Waals surface area contributed by atoms with Crippen LogP contribution in [0.3, 0.4) is 0 Å². The Kier molecular flexibility index (Phi) is 27.9. The molecule has 0 unspecified atom stereocenters. The molecule has 3 aromatic rings. The number of carbonyl (C=O) groups is 1. The van der Waals surface area contributed by atoms with Gasteiger partial charge >= 0.3 is 0 Å². The Balaban J connectivity index is 1.55. The van der Waals surface area contributed by atoms with Gasteiger partial charge in [0.05, 0.1) is 26.9 Å². The molecule has 0 aromatic heterocycles. The molecule has 0 heterocycles. The molecule has 0 aliphatic heterocycles. The summed E-state index contributed by atoms with van der Waals surface area (Å²) in [6.45, 7) is 5.70. The molecule has 356 valence electrons. The van der Waals surface area contributed by atoms with Crippen LogP contribution in [-0.2, 0) is 10.0 Å². The second-order valence-electron chi connectivity index (χ2n) is 18.2. The number of phenols is 2. The number of halogens is 1. The molecule has 0 saturated carbocycles. The van der Waals surface area contributed by atoms with E-state index < -0.39 is 15.8 Å². The first-order chi connectivity index (χ1) is 30.6. The zero-order valence-corrected chi connectivity index (χ0v) is 41.1. The van der Waals surface area contributed by atoms with E-state index in [-0.39, 0.29) is 38.5 Å². The second kappa shape index (κ2) is 32.5. The lowest BCUT2D eigenvalue weighted by Gasteiger charge is -2.24. The molecule has 63 heavy (non-hydrogen) atoms. The van der Waals surface area contributed by atoms with Crippen LogP contribution in [0.5, 0.6) is 11.5 Å². The van der Waals surface area contributed by atoms with Crippen molar-refractivity contribution in [1.29, 1.82) is 0 Å². The van der Waals surface area contributed by atoms with Gasteiger partial charge in [-0.15, -0.1) is 0 Å². The number of phenolic OH excluding ortho intramolecular Hbond substituents is 2. The van der Waals surface area contributed by atoms with Crippen molar-refractivity contribution in [2.45, 2.75) is 224 Å². The van der Waals surface area contributed by atoms with Crippen LogP contribution in [0.25, 0.3) is 10.8 Å². The maximum Gasteiger partial charge on any atom is 0.262 e. The van der Waals surface area contributed by atoms with Gasteiger partial charge < -0.3 is 20.8 Å². The van der Waals surface area contributed by atoms with E-state index in [1.165, 1.54) is 173 Å². The minimum atomic E-state index is -4.25. The van der Waals surface area contributed by atoms with Gasteiger partial charge in [-0.2, -0.15) is 0 Å². The third kappa shape index (κ3) is 21.1. The number of sulfonamides is 1. The number of amides is 1. The fourth-order valence-corrected chi connectivity index (χ4v) is 10.2. The molecular weight excluding hydrogens is 826 g/mol. The van der Waals surface area contributed by atoms with E-state index in [0.29, 0.717) is 23.9 Å². The van der Waals surface area contributed by atoms with Gasteiger partial charge in [0.2, 0.25) is 0 Å². The lowest BCUT2D eigenvalue weighted by atomic mass is 10.0. The number of aromatic hydroxyl groups is 2. The van der Waals surface area contributed by atoms with Gasteiger partial charge in [0.15, 0.2) is 5.75 Å². The van der Waals surface area contributed by atoms with Crippen molar-refractivity contribution in [3.63, 3.8) is 0 Å². The van der Waals surface area contributed by atoms with E-state index in [0.717, 1.165) is 50.7 Å². The Labute approximate surface area is 388 Å². The first-order valence-electron chi connectivity index (χ1n) is 25.5. The normalized spacial score (nSPS) is 11.7. The first-order valence-corrected chi connectivity index (χ1v) is 27.3. The van der Waals surface area contributed by atoms with E-state index in [9.17, 15) is 23.4 Å². The largest absolute Gasteiger partial charge is 0.506 e. The van der Waals surface area contributed by atoms with E-state index >= 15 is 0 Å². The standard InChI is InChI=1S/C53H86ClN3O5S/c1-3-5-7-9-11-13-15-17-19-21-23-25-27-29-31-35-39-57(40-36-32-30-28-26-24-22-20-18-16-14-12-10-8-6-4-2)53(60)47-43-50(45-37-33-34-38-46(45)51(47)58)56-63(61,62)44-41-48(54)52(59)49(55)42-44/h33-34,37-38,41-43,56,58-59H,3-32,35-36,39-40,55H2,1-2H3. The molecule has 0 radical (unpaired) electrons. The van der Waals surface area contributed by atoms with Crippen LogP contribution in [0.1, 0.15) is 230 Å². The number of nitrogens with two attached hydrogens (primary N) is 1. The van der Waals surface area contributed by atoms with Gasteiger partial charge in [0.25, 0.3) is 15.9 Å². The van der Waals surface area contributed by atoms with Crippen molar-refractivity contribution in [2.24, 2.45) is 0 Å². The Hall–Kier alpha value is -3.17. The molecule has 10 heteroatoms. The fraction of sp³-hybridized carbons (Fsp3) is 0.679. The second-order valence-corrected chi connectivity index (χ2v) is 20.3. The average molecular weight is 913 g/mol. The van der Waals surface area contributed by atoms with Crippen molar-refractivity contribution in [1.82, 2.24) is 4.90 Å². The number of carbonyl (C=O) groups excluding carboxylic acids is 1. The van der Waals surface area contributed by atoms with Gasteiger partial charge in [-0.25, -0.2) is 8.42 Å². The third-order valence-corrected chi connectivity index (χ3v) is 14.4. The van der Waals surface area contributed by atoms with Crippen LogP contribution in [0.4, 0.5) is 11.4 Å². The number of rotatable bonds is 38. The highest BCUT2D eigenvalue weighted by atomic mass is 35.5. The highest BCUT2D eigenvalue weighted by Gasteiger charge is 2.25. The summed E-state index contributed by atoms with van der Waals surface area (Å²) in [5.74, 6) is -0.871. The number of hydrogen-bond acceptors (Lipinski definition) is 6. The van der Waals surface area contributed by atoms with Gasteiger partial charge in [0, 0.05) is 23.9 Å². The van der Waals surface area contributed by atoms with Gasteiger partial charge in [0.1, 0.15) is 5.75 Å². The summed E-state index contributed by atoms with van der Waals surface area (Å²) in [6, 6.07) is 10.6. The van der Waals surface area contributed by atoms with Crippen molar-refractivity contribution < 1.29 is 23.4 Å². The molecule has 0 atom stereocenters. The number of unbranched alkanes of at least 4 members (excludes halogenated alkanes) is 30. The minimum Gasteiger partial charge on any atom is -0.506 e. The van der Waals surface area contributed by atoms with Crippen LogP contribution >= 0.6 is 11.6 Å². The molecule has 0 aliphatic carbocycles. The summed E-state index contributed by atoms with van der Waals surface area (Å²) < 4.78 is 29.9. The smallest absolute Gasteiger partial charge is 0.262 e. The predicted molar refractivity (Wildman–Crippen MR) is 269 cm³/mol. The summed E-state index contributed by atoms with van der Waals surface area (Å²) in [5.41, 5.74) is 5.88. The van der Waals surface area contributed by atoms with Gasteiger partial charge in [-0.3, -0.25) is 9.52 Å². The molecule has 0 saturated heterocycles. The molecule has 3 rings (SSSR count). The van der Waals surface area contributed by atoms with Crippen LogP contribution in [0, 0.1) is 0 Å². The summed E-state index contributed by atoms with van der Waals surface area (Å²) in [5, 5.41) is 22.2.